The molecule has 0 saturated carbocycles. The molecule has 4 heteroatoms. The van der Waals surface area contributed by atoms with Crippen LogP contribution in [0.15, 0.2) is 71.1 Å². The Kier molecular flexibility index (Phi) is 15.5. The van der Waals surface area contributed by atoms with E-state index in [0.29, 0.717) is 44.4 Å². The highest BCUT2D eigenvalue weighted by molar-refractivity contribution is 6.91. The first-order valence-electron chi connectivity index (χ1n) is 17.3. The minimum absolute atomic E-state index is 0.498. The average Bonchev–Trinajstić information content (AvgIpc) is 3.03. The van der Waals surface area contributed by atoms with Crippen molar-refractivity contribution in [3.8, 4) is 58.1 Å². The lowest BCUT2D eigenvalue weighted by molar-refractivity contribution is 0.414. The summed E-state index contributed by atoms with van der Waals surface area (Å²) in [4.78, 5) is 0. The van der Waals surface area contributed by atoms with Gasteiger partial charge in [0.2, 0.25) is 0 Å². The van der Waals surface area contributed by atoms with Crippen molar-refractivity contribution in [3.63, 3.8) is 0 Å². The molecule has 0 spiro atoms. The van der Waals surface area contributed by atoms with E-state index in [1.54, 1.807) is 14.2 Å². The van der Waals surface area contributed by atoms with Gasteiger partial charge in [-0.25, -0.2) is 0 Å². The van der Waals surface area contributed by atoms with E-state index in [4.69, 9.17) is 9.47 Å². The van der Waals surface area contributed by atoms with Crippen molar-refractivity contribution < 1.29 is 9.47 Å². The van der Waals surface area contributed by atoms with Gasteiger partial charge in [-0.15, -0.1) is 11.1 Å². The number of hydrogen-bond acceptors (Lipinski definition) is 2. The van der Waals surface area contributed by atoms with Crippen LogP contribution in [-0.2, 0) is 0 Å². The minimum Gasteiger partial charge on any atom is -0.497 e. The molecule has 252 valence electrons. The molecule has 0 atom stereocenters. The number of benzene rings is 2. The van der Waals surface area contributed by atoms with Crippen molar-refractivity contribution in [2.75, 3.05) is 14.2 Å². The highest BCUT2D eigenvalue weighted by Crippen LogP contribution is 2.41. The summed E-state index contributed by atoms with van der Waals surface area (Å²) >= 11 is 0. The topological polar surface area (TPSA) is 18.5 Å². The fraction of sp³-hybridized carbons (Fsp3) is 0.455. The number of methoxy groups -OCH3 is 2. The molecule has 0 fully saturated rings. The minimum atomic E-state index is -2.01. The van der Waals surface area contributed by atoms with Gasteiger partial charge in [0.1, 0.15) is 38.8 Å². The van der Waals surface area contributed by atoms with Gasteiger partial charge in [-0.2, -0.15) is 0 Å². The van der Waals surface area contributed by atoms with E-state index in [0.717, 1.165) is 22.6 Å². The van der Waals surface area contributed by atoms with Crippen LogP contribution in [-0.4, -0.2) is 30.4 Å². The largest absolute Gasteiger partial charge is 0.497 e. The van der Waals surface area contributed by atoms with Gasteiger partial charge in [0.05, 0.1) is 14.2 Å². The van der Waals surface area contributed by atoms with Gasteiger partial charge in [0.15, 0.2) is 0 Å². The van der Waals surface area contributed by atoms with Crippen LogP contribution in [0.1, 0.15) is 94.2 Å². The summed E-state index contributed by atoms with van der Waals surface area (Å²) in [7, 11) is -0.701. The normalized spacial score (nSPS) is 11.0. The smallest absolute Gasteiger partial charge is 0.146 e. The molecule has 0 aromatic heterocycles. The fourth-order valence-electron chi connectivity index (χ4n) is 7.14. The van der Waals surface area contributed by atoms with Crippen LogP contribution in [0.4, 0.5) is 0 Å². The SMILES string of the molecule is COc1ccc(C#CC(=C=C=C(C#Cc2ccc(OC)cc2)C#C[Si](C(C)C)(C(C)C)C(C)C)C#C[Si](C(C)C)(C(C)C)C(C)C)cc1. The molecule has 0 amide bonds. The second kappa shape index (κ2) is 18.5. The second-order valence-electron chi connectivity index (χ2n) is 14.3. The number of ether oxygens (including phenoxy) is 2. The molecule has 48 heavy (non-hydrogen) atoms. The Hall–Kier alpha value is -3.99. The van der Waals surface area contributed by atoms with Gasteiger partial charge in [-0.3, -0.25) is 0 Å². The van der Waals surface area contributed by atoms with Gasteiger partial charge in [-0.05, 0) is 105 Å². The Morgan fingerprint density at radius 1 is 0.438 bits per heavy atom. The highest BCUT2D eigenvalue weighted by atomic mass is 28.3. The van der Waals surface area contributed by atoms with Crippen molar-refractivity contribution in [1.29, 1.82) is 0 Å². The third-order valence-corrected chi connectivity index (χ3v) is 22.3. The molecule has 2 aromatic carbocycles. The fourth-order valence-corrected chi connectivity index (χ4v) is 17.6. The molecule has 2 aromatic rings. The predicted molar refractivity (Wildman–Crippen MR) is 211 cm³/mol. The number of hydrogen-bond donors (Lipinski definition) is 0. The van der Waals surface area contributed by atoms with E-state index < -0.39 is 16.1 Å². The first-order valence-corrected chi connectivity index (χ1v) is 21.7. The van der Waals surface area contributed by atoms with Crippen molar-refractivity contribution in [2.45, 2.75) is 116 Å². The summed E-state index contributed by atoms with van der Waals surface area (Å²) in [5.74, 6) is 21.8. The standard InChI is InChI=1S/C44H56O2Si2/c1-33(2)47(34(3)4,35(5)6)31-29-41(17-15-39-21-25-43(45-13)26-22-39)19-20-42(18-16-40-23-27-44(46-14)28-24-40)30-32-48(36(7)8,37(9)10)38(11)12/h21-28,33-38H,1-14H3. The summed E-state index contributed by atoms with van der Waals surface area (Å²) in [6.45, 7) is 27.8. The first kappa shape index (κ1) is 40.2. The van der Waals surface area contributed by atoms with Crippen LogP contribution >= 0.6 is 0 Å². The van der Waals surface area contributed by atoms with Gasteiger partial charge < -0.3 is 9.47 Å². The van der Waals surface area contributed by atoms with E-state index in [9.17, 15) is 0 Å². The molecule has 0 aliphatic rings. The molecular weight excluding hydrogens is 617 g/mol. The van der Waals surface area contributed by atoms with Gasteiger partial charge in [0.25, 0.3) is 0 Å². The van der Waals surface area contributed by atoms with Crippen LogP contribution in [0.2, 0.25) is 33.2 Å². The van der Waals surface area contributed by atoms with Gasteiger partial charge >= 0.3 is 0 Å². The van der Waals surface area contributed by atoms with Crippen LogP contribution < -0.4 is 9.47 Å². The van der Waals surface area contributed by atoms with E-state index in [1.807, 2.05) is 48.5 Å². The molecular formula is C44H56O2Si2. The zero-order chi connectivity index (χ0) is 36.1. The van der Waals surface area contributed by atoms with E-state index in [-0.39, 0.29) is 0 Å². The van der Waals surface area contributed by atoms with Crippen molar-refractivity contribution in [2.24, 2.45) is 0 Å². The molecule has 0 N–H and O–H groups in total. The van der Waals surface area contributed by atoms with Crippen LogP contribution in [0.3, 0.4) is 0 Å². The molecule has 0 heterocycles. The Bertz CT molecular complexity index is 1550. The average molecular weight is 673 g/mol. The number of rotatable bonds is 8. The summed E-state index contributed by atoms with van der Waals surface area (Å²) < 4.78 is 10.7. The Morgan fingerprint density at radius 2 is 0.708 bits per heavy atom. The van der Waals surface area contributed by atoms with E-state index >= 15 is 0 Å². The monoisotopic (exact) mass is 672 g/mol. The zero-order valence-corrected chi connectivity index (χ0v) is 33.9. The quantitative estimate of drug-likeness (QED) is 0.158. The lowest BCUT2D eigenvalue weighted by Crippen LogP contribution is -2.43. The lowest BCUT2D eigenvalue weighted by Gasteiger charge is -2.38. The number of allylic oxidation sites excluding steroid dienone is 2. The Labute approximate surface area is 295 Å². The summed E-state index contributed by atoms with van der Waals surface area (Å²) in [5, 5.41) is 0. The molecule has 0 radical (unpaired) electrons. The van der Waals surface area contributed by atoms with Crippen LogP contribution in [0, 0.1) is 46.6 Å². The Morgan fingerprint density at radius 3 is 0.938 bits per heavy atom. The van der Waals surface area contributed by atoms with E-state index in [2.05, 4.69) is 141 Å². The summed E-state index contributed by atoms with van der Waals surface area (Å²) in [6, 6.07) is 15.5. The third-order valence-electron chi connectivity index (χ3n) is 9.70. The summed E-state index contributed by atoms with van der Waals surface area (Å²) in [5.41, 5.74) is 20.3. The molecule has 0 unspecified atom stereocenters. The van der Waals surface area contributed by atoms with Crippen molar-refractivity contribution >= 4 is 16.1 Å². The molecule has 0 aliphatic carbocycles. The van der Waals surface area contributed by atoms with Gasteiger partial charge in [0, 0.05) is 11.1 Å². The second-order valence-corrected chi connectivity index (χ2v) is 25.4. The van der Waals surface area contributed by atoms with Crippen molar-refractivity contribution in [1.82, 2.24) is 0 Å². The maximum absolute atomic E-state index is 5.33. The van der Waals surface area contributed by atoms with Gasteiger partial charge in [-0.1, -0.05) is 107 Å². The molecule has 0 saturated heterocycles. The maximum Gasteiger partial charge on any atom is 0.146 e. The Balaban J connectivity index is 3.02. The lowest BCUT2D eigenvalue weighted by atomic mass is 10.2. The first-order chi connectivity index (χ1) is 22.6. The third kappa shape index (κ3) is 10.3. The van der Waals surface area contributed by atoms with Crippen LogP contribution in [0.25, 0.3) is 0 Å². The molecule has 0 bridgehead atoms. The van der Waals surface area contributed by atoms with Crippen molar-refractivity contribution in [3.05, 3.63) is 82.3 Å². The molecule has 0 aliphatic heterocycles. The maximum atomic E-state index is 5.33. The highest BCUT2D eigenvalue weighted by Gasteiger charge is 2.42. The van der Waals surface area contributed by atoms with E-state index in [1.165, 1.54) is 0 Å². The zero-order valence-electron chi connectivity index (χ0n) is 31.9. The molecule has 2 nitrogen and oxygen atoms in total. The molecule has 2 rings (SSSR count). The van der Waals surface area contributed by atoms with Crippen LogP contribution in [0.5, 0.6) is 11.5 Å². The predicted octanol–water partition coefficient (Wildman–Crippen LogP) is 11.2. The summed E-state index contributed by atoms with van der Waals surface area (Å²) in [6.07, 6.45) is 0.